The molecule has 2 aromatic rings. The molecule has 0 aromatic heterocycles. The van der Waals surface area contributed by atoms with E-state index in [4.69, 9.17) is 4.74 Å². The number of nitrogens with zero attached hydrogens (tertiary/aromatic N) is 2. The van der Waals surface area contributed by atoms with E-state index in [-0.39, 0.29) is 5.75 Å². The van der Waals surface area contributed by atoms with E-state index in [1.165, 1.54) is 25.0 Å². The van der Waals surface area contributed by atoms with Crippen LogP contribution >= 0.6 is 0 Å². The van der Waals surface area contributed by atoms with Crippen LogP contribution in [0.5, 0.6) is 5.75 Å². The summed E-state index contributed by atoms with van der Waals surface area (Å²) in [5.74, 6) is -0.199. The van der Waals surface area contributed by atoms with Crippen LogP contribution in [0.25, 0.3) is 0 Å². The van der Waals surface area contributed by atoms with Gasteiger partial charge in [-0.15, -0.1) is 0 Å². The summed E-state index contributed by atoms with van der Waals surface area (Å²) in [5.41, 5.74) is 2.93. The van der Waals surface area contributed by atoms with E-state index in [1.807, 2.05) is 12.1 Å². The predicted octanol–water partition coefficient (Wildman–Crippen LogP) is 4.24. The lowest BCUT2D eigenvalue weighted by Crippen LogP contribution is -1.90. The average Bonchev–Trinajstić information content (AvgIpc) is 2.53. The van der Waals surface area contributed by atoms with Crippen molar-refractivity contribution in [3.05, 3.63) is 65.0 Å². The smallest absolute Gasteiger partial charge is 0.165 e. The topological polar surface area (TPSA) is 34.0 Å². The SMILES string of the molecule is CCCc1ccc(C=NN=Cc2ccc(OC)c(F)c2)cc1. The van der Waals surface area contributed by atoms with Crippen LogP contribution in [0, 0.1) is 5.82 Å². The zero-order valence-corrected chi connectivity index (χ0v) is 12.8. The molecule has 3 nitrogen and oxygen atoms in total. The molecule has 0 amide bonds. The normalized spacial score (nSPS) is 11.4. The Morgan fingerprint density at radius 3 is 2.23 bits per heavy atom. The number of hydrogen-bond acceptors (Lipinski definition) is 3. The highest BCUT2D eigenvalue weighted by Gasteiger charge is 2.01. The lowest BCUT2D eigenvalue weighted by atomic mass is 10.1. The second-order valence-corrected chi connectivity index (χ2v) is 4.87. The van der Waals surface area contributed by atoms with Gasteiger partial charge in [0.1, 0.15) is 0 Å². The van der Waals surface area contributed by atoms with Gasteiger partial charge in [0.25, 0.3) is 0 Å². The third kappa shape index (κ3) is 4.52. The molecule has 0 aliphatic heterocycles. The quantitative estimate of drug-likeness (QED) is 0.580. The van der Waals surface area contributed by atoms with Crippen molar-refractivity contribution in [1.29, 1.82) is 0 Å². The summed E-state index contributed by atoms with van der Waals surface area (Å²) in [6.45, 7) is 2.16. The van der Waals surface area contributed by atoms with Gasteiger partial charge in [0.15, 0.2) is 11.6 Å². The molecule has 0 bridgehead atoms. The first-order valence-electron chi connectivity index (χ1n) is 7.22. The van der Waals surface area contributed by atoms with Crippen molar-refractivity contribution in [3.8, 4) is 5.75 Å². The van der Waals surface area contributed by atoms with Crippen molar-refractivity contribution in [1.82, 2.24) is 0 Å². The molecule has 0 atom stereocenters. The average molecular weight is 298 g/mol. The molecular formula is C18H19FN2O. The van der Waals surface area contributed by atoms with Gasteiger partial charge in [-0.25, -0.2) is 4.39 Å². The highest BCUT2D eigenvalue weighted by molar-refractivity contribution is 5.82. The first-order valence-corrected chi connectivity index (χ1v) is 7.22. The summed E-state index contributed by atoms with van der Waals surface area (Å²) >= 11 is 0. The zero-order chi connectivity index (χ0) is 15.8. The molecule has 2 rings (SSSR count). The minimum atomic E-state index is -0.415. The Morgan fingerprint density at radius 2 is 1.64 bits per heavy atom. The van der Waals surface area contributed by atoms with E-state index in [9.17, 15) is 4.39 Å². The molecular weight excluding hydrogens is 279 g/mol. The standard InChI is InChI=1S/C18H19FN2O/c1-3-4-14-5-7-15(8-6-14)12-20-21-13-16-9-10-18(22-2)17(19)11-16/h5-13H,3-4H2,1-2H3. The summed E-state index contributed by atoms with van der Waals surface area (Å²) in [5, 5.41) is 7.90. The highest BCUT2D eigenvalue weighted by Crippen LogP contribution is 2.16. The van der Waals surface area contributed by atoms with Crippen molar-refractivity contribution in [2.75, 3.05) is 7.11 Å². The predicted molar refractivity (Wildman–Crippen MR) is 88.6 cm³/mol. The Bertz CT molecular complexity index is 663. The molecule has 0 unspecified atom stereocenters. The van der Waals surface area contributed by atoms with E-state index in [0.717, 1.165) is 18.4 Å². The van der Waals surface area contributed by atoms with Gasteiger partial charge in [0, 0.05) is 0 Å². The van der Waals surface area contributed by atoms with Crippen LogP contribution in [0.3, 0.4) is 0 Å². The van der Waals surface area contributed by atoms with Crippen LogP contribution in [-0.2, 0) is 6.42 Å². The van der Waals surface area contributed by atoms with E-state index >= 15 is 0 Å². The molecule has 0 saturated carbocycles. The number of halogens is 1. The van der Waals surface area contributed by atoms with Crippen LogP contribution in [0.15, 0.2) is 52.7 Å². The number of rotatable bonds is 6. The molecule has 0 fully saturated rings. The van der Waals surface area contributed by atoms with Gasteiger partial charge in [-0.1, -0.05) is 37.6 Å². The minimum Gasteiger partial charge on any atom is -0.494 e. The van der Waals surface area contributed by atoms with E-state index in [1.54, 1.807) is 18.3 Å². The molecule has 0 radical (unpaired) electrons. The zero-order valence-electron chi connectivity index (χ0n) is 12.8. The van der Waals surface area contributed by atoms with Gasteiger partial charge in [-0.3, -0.25) is 0 Å². The number of aryl methyl sites for hydroxylation is 1. The number of benzene rings is 2. The molecule has 0 heterocycles. The summed E-state index contributed by atoms with van der Waals surface area (Å²) in [4.78, 5) is 0. The monoisotopic (exact) mass is 298 g/mol. The molecule has 0 aliphatic carbocycles. The Kier molecular flexibility index (Phi) is 5.83. The van der Waals surface area contributed by atoms with E-state index in [0.29, 0.717) is 5.56 Å². The fraction of sp³-hybridized carbons (Fsp3) is 0.222. The second-order valence-electron chi connectivity index (χ2n) is 4.87. The molecule has 0 N–H and O–H groups in total. The fourth-order valence-electron chi connectivity index (χ4n) is 2.02. The largest absolute Gasteiger partial charge is 0.494 e. The lowest BCUT2D eigenvalue weighted by molar-refractivity contribution is 0.386. The van der Waals surface area contributed by atoms with E-state index in [2.05, 4.69) is 29.3 Å². The van der Waals surface area contributed by atoms with E-state index < -0.39 is 5.82 Å². The fourth-order valence-corrected chi connectivity index (χ4v) is 2.02. The van der Waals surface area contributed by atoms with Gasteiger partial charge >= 0.3 is 0 Å². The number of hydrogen-bond donors (Lipinski definition) is 0. The van der Waals surface area contributed by atoms with Crippen molar-refractivity contribution in [2.24, 2.45) is 10.2 Å². The lowest BCUT2D eigenvalue weighted by Gasteiger charge is -2.01. The van der Waals surface area contributed by atoms with Crippen LogP contribution in [-0.4, -0.2) is 19.5 Å². The maximum absolute atomic E-state index is 13.5. The van der Waals surface area contributed by atoms with Crippen molar-refractivity contribution in [2.45, 2.75) is 19.8 Å². The molecule has 4 heteroatoms. The Hall–Kier alpha value is -2.49. The van der Waals surface area contributed by atoms with Crippen LogP contribution < -0.4 is 4.74 Å². The number of ether oxygens (including phenoxy) is 1. The third-order valence-corrected chi connectivity index (χ3v) is 3.17. The summed E-state index contributed by atoms with van der Waals surface area (Å²) in [7, 11) is 1.43. The van der Waals surface area contributed by atoms with Gasteiger partial charge in [-0.2, -0.15) is 10.2 Å². The van der Waals surface area contributed by atoms with Crippen molar-refractivity contribution >= 4 is 12.4 Å². The van der Waals surface area contributed by atoms with Gasteiger partial charge in [-0.05, 0) is 41.3 Å². The molecule has 2 aromatic carbocycles. The van der Waals surface area contributed by atoms with Crippen LogP contribution in [0.4, 0.5) is 4.39 Å². The maximum Gasteiger partial charge on any atom is 0.165 e. The molecule has 0 spiro atoms. The Morgan fingerprint density at radius 1 is 1.00 bits per heavy atom. The Balaban J connectivity index is 1.97. The second kappa shape index (κ2) is 8.08. The van der Waals surface area contributed by atoms with Gasteiger partial charge in [0.2, 0.25) is 0 Å². The van der Waals surface area contributed by atoms with Crippen LogP contribution in [0.2, 0.25) is 0 Å². The molecule has 0 saturated heterocycles. The summed E-state index contributed by atoms with van der Waals surface area (Å²) in [6, 6.07) is 12.8. The first-order chi connectivity index (χ1) is 10.7. The summed E-state index contributed by atoms with van der Waals surface area (Å²) in [6.07, 6.45) is 5.39. The molecule has 22 heavy (non-hydrogen) atoms. The molecule has 0 aliphatic rings. The number of methoxy groups -OCH3 is 1. The summed E-state index contributed by atoms with van der Waals surface area (Å²) < 4.78 is 18.4. The molecule has 114 valence electrons. The Labute approximate surface area is 130 Å². The van der Waals surface area contributed by atoms with Crippen LogP contribution in [0.1, 0.15) is 30.0 Å². The highest BCUT2D eigenvalue weighted by atomic mass is 19.1. The maximum atomic E-state index is 13.5. The van der Waals surface area contributed by atoms with Gasteiger partial charge < -0.3 is 4.74 Å². The minimum absolute atomic E-state index is 0.216. The first kappa shape index (κ1) is 15.9. The third-order valence-electron chi connectivity index (χ3n) is 3.17. The van der Waals surface area contributed by atoms with Crippen molar-refractivity contribution < 1.29 is 9.13 Å². The van der Waals surface area contributed by atoms with Gasteiger partial charge in [0.05, 0.1) is 19.5 Å². The van der Waals surface area contributed by atoms with Crippen molar-refractivity contribution in [3.63, 3.8) is 0 Å².